The summed E-state index contributed by atoms with van der Waals surface area (Å²) < 4.78 is 16.1. The zero-order valence-corrected chi connectivity index (χ0v) is 20.6. The number of benzene rings is 2. The molecule has 36 heavy (non-hydrogen) atoms. The number of carbonyl (C=O) groups excluding carboxylic acids is 2. The summed E-state index contributed by atoms with van der Waals surface area (Å²) >= 11 is 1.61. The van der Waals surface area contributed by atoms with E-state index in [2.05, 4.69) is 5.32 Å². The molecule has 2 bridgehead atoms. The van der Waals surface area contributed by atoms with E-state index in [0.717, 1.165) is 22.6 Å². The van der Waals surface area contributed by atoms with Crippen molar-refractivity contribution >= 4 is 29.7 Å². The van der Waals surface area contributed by atoms with Gasteiger partial charge in [-0.1, -0.05) is 30.3 Å². The van der Waals surface area contributed by atoms with Gasteiger partial charge in [0.1, 0.15) is 11.5 Å². The highest BCUT2D eigenvalue weighted by Gasteiger charge is 2.37. The third-order valence-corrected chi connectivity index (χ3v) is 7.53. The molecule has 184 valence electrons. The summed E-state index contributed by atoms with van der Waals surface area (Å²) in [5.41, 5.74) is 1.63. The molecule has 0 radical (unpaired) electrons. The Balaban J connectivity index is 1.45. The quantitative estimate of drug-likeness (QED) is 0.420. The lowest BCUT2D eigenvalue weighted by Gasteiger charge is -2.43. The number of pyridine rings is 1. The molecule has 1 saturated heterocycles. The van der Waals surface area contributed by atoms with Gasteiger partial charge in [-0.15, -0.1) is 11.8 Å². The number of fused-ring (bicyclic) bond motifs is 4. The molecule has 5 rings (SSSR count). The Morgan fingerprint density at radius 1 is 1.00 bits per heavy atom. The Hall–Kier alpha value is -3.65. The lowest BCUT2D eigenvalue weighted by atomic mass is 9.83. The number of halogens is 1. The highest BCUT2D eigenvalue weighted by molar-refractivity contribution is 7.98. The molecule has 0 spiro atoms. The molecule has 2 amide bonds. The monoisotopic (exact) mass is 503 g/mol. The van der Waals surface area contributed by atoms with Crippen LogP contribution in [0.1, 0.15) is 34.0 Å². The maximum atomic E-state index is 14.3. The summed E-state index contributed by atoms with van der Waals surface area (Å²) in [5, 5.41) is 2.67. The van der Waals surface area contributed by atoms with Crippen LogP contribution in [0.25, 0.3) is 6.08 Å². The third-order valence-electron chi connectivity index (χ3n) is 6.79. The van der Waals surface area contributed by atoms with Crippen molar-refractivity contribution in [3.8, 4) is 0 Å². The van der Waals surface area contributed by atoms with E-state index in [0.29, 0.717) is 19.6 Å². The molecule has 1 fully saturated rings. The lowest BCUT2D eigenvalue weighted by Crippen LogP contribution is -2.50. The van der Waals surface area contributed by atoms with Gasteiger partial charge < -0.3 is 14.8 Å². The predicted octanol–water partition coefficient (Wildman–Crippen LogP) is 4.13. The highest BCUT2D eigenvalue weighted by Crippen LogP contribution is 2.35. The van der Waals surface area contributed by atoms with Gasteiger partial charge in [0.25, 0.3) is 17.4 Å². The van der Waals surface area contributed by atoms with Crippen molar-refractivity contribution < 1.29 is 14.0 Å². The molecule has 8 heteroatoms. The summed E-state index contributed by atoms with van der Waals surface area (Å²) in [7, 11) is 0. The minimum atomic E-state index is -0.678. The van der Waals surface area contributed by atoms with Crippen LogP contribution in [0.5, 0.6) is 0 Å². The maximum absolute atomic E-state index is 14.3. The summed E-state index contributed by atoms with van der Waals surface area (Å²) in [5.74, 6) is -1.47. The van der Waals surface area contributed by atoms with Crippen LogP contribution < -0.4 is 10.9 Å². The average Bonchev–Trinajstić information content (AvgIpc) is 2.89. The first-order valence-corrected chi connectivity index (χ1v) is 13.1. The molecule has 2 aliphatic rings. The van der Waals surface area contributed by atoms with Gasteiger partial charge in [0.2, 0.25) is 0 Å². The number of hydrogen-bond donors (Lipinski definition) is 1. The molecule has 0 aliphatic carbocycles. The Morgan fingerprint density at radius 3 is 2.53 bits per heavy atom. The van der Waals surface area contributed by atoms with Crippen LogP contribution in [0.4, 0.5) is 4.39 Å². The maximum Gasteiger partial charge on any atom is 0.270 e. The first-order valence-electron chi connectivity index (χ1n) is 11.8. The number of nitrogens with zero attached hydrogens (tertiary/aromatic N) is 2. The molecule has 2 aromatic carbocycles. The van der Waals surface area contributed by atoms with Crippen molar-refractivity contribution in [2.45, 2.75) is 23.8 Å². The van der Waals surface area contributed by atoms with Gasteiger partial charge in [0.15, 0.2) is 0 Å². The molecule has 3 heterocycles. The first-order chi connectivity index (χ1) is 17.4. The van der Waals surface area contributed by atoms with E-state index in [1.807, 2.05) is 41.2 Å². The number of hydrogen-bond acceptors (Lipinski definition) is 4. The largest absolute Gasteiger partial charge is 0.336 e. The van der Waals surface area contributed by atoms with Crippen LogP contribution in [0.3, 0.4) is 0 Å². The molecule has 1 N–H and O–H groups in total. The zero-order chi connectivity index (χ0) is 25.2. The van der Waals surface area contributed by atoms with Crippen molar-refractivity contribution in [3.63, 3.8) is 0 Å². The molecule has 0 saturated carbocycles. The number of amides is 2. The molecule has 2 aliphatic heterocycles. The van der Waals surface area contributed by atoms with Crippen molar-refractivity contribution in [3.05, 3.63) is 105 Å². The Kier molecular flexibility index (Phi) is 6.78. The van der Waals surface area contributed by atoms with Gasteiger partial charge >= 0.3 is 0 Å². The second kappa shape index (κ2) is 10.1. The third kappa shape index (κ3) is 4.86. The van der Waals surface area contributed by atoms with E-state index in [1.165, 1.54) is 18.2 Å². The molecule has 1 aromatic heterocycles. The molecular formula is C28H26FN3O3S. The van der Waals surface area contributed by atoms with Crippen molar-refractivity contribution in [1.29, 1.82) is 0 Å². The van der Waals surface area contributed by atoms with E-state index < -0.39 is 11.7 Å². The van der Waals surface area contributed by atoms with Crippen LogP contribution >= 0.6 is 11.8 Å². The number of likely N-dealkylation sites (tertiary alicyclic amines) is 1. The molecular weight excluding hydrogens is 477 g/mol. The Bertz CT molecular complexity index is 1400. The minimum Gasteiger partial charge on any atom is -0.336 e. The Labute approximate surface area is 212 Å². The van der Waals surface area contributed by atoms with E-state index in [9.17, 15) is 18.8 Å². The summed E-state index contributed by atoms with van der Waals surface area (Å²) in [6.07, 6.45) is 4.52. The Morgan fingerprint density at radius 2 is 1.78 bits per heavy atom. The molecule has 6 nitrogen and oxygen atoms in total. The zero-order valence-electron chi connectivity index (χ0n) is 19.8. The SMILES string of the molecule is CSc1ccc(C=C(NC(=O)c2ccccc2F)C(=O)N2CC3CC(C2)c2cccc(=O)n2C3)cc1. The second-order valence-corrected chi connectivity index (χ2v) is 10.1. The fraction of sp³-hybridized carbons (Fsp3) is 0.250. The van der Waals surface area contributed by atoms with Gasteiger partial charge in [-0.2, -0.15) is 0 Å². The topological polar surface area (TPSA) is 71.4 Å². The minimum absolute atomic E-state index is 0.0200. The summed E-state index contributed by atoms with van der Waals surface area (Å²) in [6.45, 7) is 1.48. The number of nitrogens with one attached hydrogen (secondary N) is 1. The first kappa shape index (κ1) is 24.1. The number of rotatable bonds is 5. The normalized spacial score (nSPS) is 18.9. The van der Waals surface area contributed by atoms with Crippen molar-refractivity contribution in [1.82, 2.24) is 14.8 Å². The fourth-order valence-electron chi connectivity index (χ4n) is 5.09. The summed E-state index contributed by atoms with van der Waals surface area (Å²) in [6, 6.07) is 18.6. The predicted molar refractivity (Wildman–Crippen MR) is 138 cm³/mol. The van der Waals surface area contributed by atoms with Gasteiger partial charge in [-0.3, -0.25) is 14.4 Å². The van der Waals surface area contributed by atoms with Crippen LogP contribution in [-0.4, -0.2) is 40.6 Å². The van der Waals surface area contributed by atoms with E-state index >= 15 is 0 Å². The number of piperidine rings is 1. The van der Waals surface area contributed by atoms with Crippen molar-refractivity contribution in [2.75, 3.05) is 19.3 Å². The van der Waals surface area contributed by atoms with E-state index in [1.54, 1.807) is 40.9 Å². The van der Waals surface area contributed by atoms with E-state index in [-0.39, 0.29) is 34.6 Å². The van der Waals surface area contributed by atoms with Gasteiger partial charge in [0, 0.05) is 42.2 Å². The molecule has 2 unspecified atom stereocenters. The van der Waals surface area contributed by atoms with Gasteiger partial charge in [0.05, 0.1) is 5.56 Å². The lowest BCUT2D eigenvalue weighted by molar-refractivity contribution is -0.130. The number of aromatic nitrogens is 1. The smallest absolute Gasteiger partial charge is 0.270 e. The number of carbonyl (C=O) groups is 2. The van der Waals surface area contributed by atoms with Crippen LogP contribution in [0.2, 0.25) is 0 Å². The van der Waals surface area contributed by atoms with Gasteiger partial charge in [-0.05, 0) is 60.6 Å². The summed E-state index contributed by atoms with van der Waals surface area (Å²) in [4.78, 5) is 41.9. The average molecular weight is 504 g/mol. The van der Waals surface area contributed by atoms with Gasteiger partial charge in [-0.25, -0.2) is 4.39 Å². The molecule has 2 atom stereocenters. The van der Waals surface area contributed by atoms with Crippen LogP contribution in [0, 0.1) is 11.7 Å². The van der Waals surface area contributed by atoms with Crippen LogP contribution in [0.15, 0.2) is 82.1 Å². The number of thioether (sulfide) groups is 1. The molecule has 3 aromatic rings. The van der Waals surface area contributed by atoms with Crippen molar-refractivity contribution in [2.24, 2.45) is 5.92 Å². The second-order valence-electron chi connectivity index (χ2n) is 9.17. The fourth-order valence-corrected chi connectivity index (χ4v) is 5.49. The highest BCUT2D eigenvalue weighted by atomic mass is 32.2. The standard InChI is InChI=1S/C28H26FN3O3S/c1-36-21-11-9-18(10-12-21)14-24(30-27(34)22-5-2-3-6-23(22)29)28(35)31-15-19-13-20(17-31)25-7-4-8-26(33)32(25)16-19/h2-12,14,19-20H,13,15-17H2,1H3,(H,30,34). The van der Waals surface area contributed by atoms with Crippen LogP contribution in [-0.2, 0) is 11.3 Å². The van der Waals surface area contributed by atoms with E-state index in [4.69, 9.17) is 0 Å².